The van der Waals surface area contributed by atoms with Gasteiger partial charge in [-0.1, -0.05) is 68.4 Å². The average molecular weight is 422 g/mol. The van der Waals surface area contributed by atoms with Crippen LogP contribution in [0, 0.1) is 5.41 Å². The minimum Gasteiger partial charge on any atom is -0.373 e. The molecule has 1 atom stereocenters. The molecule has 1 aromatic heterocycles. The lowest BCUT2D eigenvalue weighted by Crippen LogP contribution is -2.33. The molecule has 0 fully saturated rings. The van der Waals surface area contributed by atoms with Gasteiger partial charge in [0.15, 0.2) is 5.78 Å². The van der Waals surface area contributed by atoms with Crippen LogP contribution in [-0.2, 0) is 4.79 Å². The summed E-state index contributed by atoms with van der Waals surface area (Å²) in [4.78, 5) is 13.5. The van der Waals surface area contributed by atoms with Crippen molar-refractivity contribution in [1.82, 2.24) is 20.6 Å². The summed E-state index contributed by atoms with van der Waals surface area (Å²) in [5, 5.41) is 20.3. The minimum atomic E-state index is -0.179. The maximum atomic E-state index is 13.5. The van der Waals surface area contributed by atoms with Crippen LogP contribution in [-0.4, -0.2) is 26.4 Å². The van der Waals surface area contributed by atoms with Gasteiger partial charge in [0, 0.05) is 28.8 Å². The average Bonchev–Trinajstić information content (AvgIpc) is 3.32. The molecule has 0 radical (unpaired) electrons. The van der Waals surface area contributed by atoms with E-state index in [4.69, 9.17) is 0 Å². The van der Waals surface area contributed by atoms with E-state index in [0.717, 1.165) is 28.8 Å². The molecular weight excluding hydrogens is 398 g/mol. The number of H-pyrrole nitrogens is 1. The number of hydrogen-bond acceptors (Lipinski definition) is 5. The Morgan fingerprint density at radius 3 is 2.56 bits per heavy atom. The summed E-state index contributed by atoms with van der Waals surface area (Å²) >= 11 is 0. The first kappa shape index (κ1) is 18.9. The molecule has 0 saturated heterocycles. The summed E-state index contributed by atoms with van der Waals surface area (Å²) in [6, 6.07) is 20.6. The molecule has 6 rings (SSSR count). The van der Waals surface area contributed by atoms with E-state index in [2.05, 4.69) is 76.2 Å². The van der Waals surface area contributed by atoms with E-state index in [-0.39, 0.29) is 17.2 Å². The number of nitrogens with zero attached hydrogens (tertiary/aromatic N) is 3. The number of benzene rings is 3. The second-order valence-electron chi connectivity index (χ2n) is 9.48. The highest BCUT2D eigenvalue weighted by Gasteiger charge is 2.40. The fourth-order valence-corrected chi connectivity index (χ4v) is 5.20. The van der Waals surface area contributed by atoms with Crippen molar-refractivity contribution < 1.29 is 4.79 Å². The number of Topliss-reactive ketones (excluding diaryl/α,β-unsaturated/α-hetero) is 1. The monoisotopic (exact) mass is 421 g/mol. The molecule has 32 heavy (non-hydrogen) atoms. The number of rotatable bonds is 2. The zero-order valence-electron chi connectivity index (χ0n) is 18.0. The topological polar surface area (TPSA) is 83.6 Å². The van der Waals surface area contributed by atoms with Gasteiger partial charge in [-0.25, -0.2) is 0 Å². The zero-order chi connectivity index (χ0) is 21.9. The number of hydrogen-bond donors (Lipinski definition) is 2. The molecule has 0 amide bonds. The lowest BCUT2D eigenvalue weighted by molar-refractivity contribution is -0.118. The van der Waals surface area contributed by atoms with Crippen LogP contribution < -0.4 is 5.32 Å². The van der Waals surface area contributed by atoms with Gasteiger partial charge < -0.3 is 5.32 Å². The van der Waals surface area contributed by atoms with Crippen molar-refractivity contribution in [2.24, 2.45) is 5.41 Å². The third kappa shape index (κ3) is 2.94. The third-order valence-corrected chi connectivity index (χ3v) is 6.59. The Morgan fingerprint density at radius 2 is 1.78 bits per heavy atom. The van der Waals surface area contributed by atoms with Gasteiger partial charge in [-0.15, -0.1) is 10.2 Å². The van der Waals surface area contributed by atoms with E-state index < -0.39 is 0 Å². The normalized spacial score (nSPS) is 19.4. The second kappa shape index (κ2) is 6.85. The summed E-state index contributed by atoms with van der Waals surface area (Å²) in [7, 11) is 0. The summed E-state index contributed by atoms with van der Waals surface area (Å²) in [5.41, 5.74) is 6.23. The minimum absolute atomic E-state index is 0.0610. The van der Waals surface area contributed by atoms with E-state index in [9.17, 15) is 4.79 Å². The van der Waals surface area contributed by atoms with Crippen LogP contribution in [0.3, 0.4) is 0 Å². The molecule has 6 heteroatoms. The van der Waals surface area contributed by atoms with Crippen molar-refractivity contribution in [1.29, 1.82) is 0 Å². The number of carbonyl (C=O) groups is 1. The quantitative estimate of drug-likeness (QED) is 0.457. The van der Waals surface area contributed by atoms with Crippen molar-refractivity contribution in [3.05, 3.63) is 77.4 Å². The number of fused-ring (bicyclic) bond motifs is 4. The molecule has 158 valence electrons. The number of aromatic nitrogens is 4. The summed E-state index contributed by atoms with van der Waals surface area (Å²) in [5.74, 6) is 0.787. The number of tetrazole rings is 1. The van der Waals surface area contributed by atoms with E-state index in [0.29, 0.717) is 12.2 Å². The molecule has 0 bridgehead atoms. The molecule has 2 heterocycles. The molecule has 3 aromatic carbocycles. The molecule has 1 aliphatic heterocycles. The van der Waals surface area contributed by atoms with E-state index in [1.165, 1.54) is 21.9 Å². The lowest BCUT2D eigenvalue weighted by Gasteiger charge is -2.40. The van der Waals surface area contributed by atoms with Crippen molar-refractivity contribution >= 4 is 27.8 Å². The molecule has 6 nitrogen and oxygen atoms in total. The van der Waals surface area contributed by atoms with Gasteiger partial charge in [-0.2, -0.15) is 5.21 Å². The standard InChI is InChI=1S/C26H23N5O/c1-26(2)13-19-22-18-6-4-3-5-15(18)11-12-20(22)27-24(23(19)21(32)14-26)16-7-9-17(10-8-16)25-28-30-31-29-25/h3-12,24,27H,13-14H2,1-2H3,(H,28,29,30,31)/t24-/m1/s1. The number of aromatic amines is 1. The van der Waals surface area contributed by atoms with Gasteiger partial charge in [0.2, 0.25) is 5.82 Å². The Balaban J connectivity index is 1.53. The first-order valence-electron chi connectivity index (χ1n) is 10.9. The van der Waals surface area contributed by atoms with Crippen molar-refractivity contribution in [2.45, 2.75) is 32.7 Å². The molecule has 4 aromatic rings. The van der Waals surface area contributed by atoms with Crippen LogP contribution >= 0.6 is 0 Å². The fraction of sp³-hybridized carbons (Fsp3) is 0.231. The summed E-state index contributed by atoms with van der Waals surface area (Å²) in [6.07, 6.45) is 1.44. The van der Waals surface area contributed by atoms with E-state index in [1.807, 2.05) is 24.3 Å². The number of ketones is 1. The highest BCUT2D eigenvalue weighted by atomic mass is 16.1. The van der Waals surface area contributed by atoms with Crippen LogP contribution in [0.2, 0.25) is 0 Å². The molecular formula is C26H23N5O. The van der Waals surface area contributed by atoms with Gasteiger partial charge in [-0.05, 0) is 45.0 Å². The van der Waals surface area contributed by atoms with Crippen LogP contribution in [0.1, 0.15) is 43.9 Å². The van der Waals surface area contributed by atoms with Crippen LogP contribution in [0.15, 0.2) is 66.2 Å². The van der Waals surface area contributed by atoms with Crippen LogP contribution in [0.25, 0.3) is 27.7 Å². The Kier molecular flexibility index (Phi) is 4.05. The summed E-state index contributed by atoms with van der Waals surface area (Å²) < 4.78 is 0. The Morgan fingerprint density at radius 1 is 0.969 bits per heavy atom. The maximum Gasteiger partial charge on any atom is 0.204 e. The van der Waals surface area contributed by atoms with Crippen molar-refractivity contribution in [3.8, 4) is 11.4 Å². The van der Waals surface area contributed by atoms with Crippen molar-refractivity contribution in [2.75, 3.05) is 5.32 Å². The van der Waals surface area contributed by atoms with Crippen LogP contribution in [0.4, 0.5) is 5.69 Å². The summed E-state index contributed by atoms with van der Waals surface area (Å²) in [6.45, 7) is 4.38. The Bertz CT molecular complexity index is 1380. The number of nitrogens with one attached hydrogen (secondary N) is 2. The Hall–Kier alpha value is -3.80. The molecule has 0 saturated carbocycles. The van der Waals surface area contributed by atoms with Crippen molar-refractivity contribution in [3.63, 3.8) is 0 Å². The van der Waals surface area contributed by atoms with Gasteiger partial charge in [0.05, 0.1) is 6.04 Å². The SMILES string of the molecule is CC1(C)CC(=O)C2=C(C1)c1c(ccc3ccccc13)N[C@@H]2c1ccc(-c2nn[nH]n2)cc1. The van der Waals surface area contributed by atoms with Gasteiger partial charge >= 0.3 is 0 Å². The highest BCUT2D eigenvalue weighted by Crippen LogP contribution is 2.52. The lowest BCUT2D eigenvalue weighted by atomic mass is 9.68. The predicted molar refractivity (Wildman–Crippen MR) is 125 cm³/mol. The fourth-order valence-electron chi connectivity index (χ4n) is 5.20. The molecule has 2 N–H and O–H groups in total. The van der Waals surface area contributed by atoms with Crippen LogP contribution in [0.5, 0.6) is 0 Å². The van der Waals surface area contributed by atoms with E-state index in [1.54, 1.807) is 0 Å². The van der Waals surface area contributed by atoms with E-state index >= 15 is 0 Å². The second-order valence-corrected chi connectivity index (χ2v) is 9.48. The number of carbonyl (C=O) groups excluding carboxylic acids is 1. The first-order valence-corrected chi connectivity index (χ1v) is 10.9. The third-order valence-electron chi connectivity index (χ3n) is 6.59. The highest BCUT2D eigenvalue weighted by molar-refractivity contribution is 6.12. The molecule has 1 aliphatic carbocycles. The smallest absolute Gasteiger partial charge is 0.204 e. The molecule has 0 unspecified atom stereocenters. The number of anilines is 1. The van der Waals surface area contributed by atoms with Gasteiger partial charge in [0.1, 0.15) is 0 Å². The zero-order valence-corrected chi connectivity index (χ0v) is 18.0. The largest absolute Gasteiger partial charge is 0.373 e. The Labute approximate surface area is 185 Å². The molecule has 2 aliphatic rings. The van der Waals surface area contributed by atoms with Gasteiger partial charge in [0.25, 0.3) is 0 Å². The molecule has 0 spiro atoms. The maximum absolute atomic E-state index is 13.5. The number of allylic oxidation sites excluding steroid dienone is 1. The first-order chi connectivity index (χ1) is 15.5. The predicted octanol–water partition coefficient (Wildman–Crippen LogP) is 5.33. The van der Waals surface area contributed by atoms with Gasteiger partial charge in [-0.3, -0.25) is 4.79 Å².